The number of anilines is 1. The molecule has 1 aromatic rings. The highest BCUT2D eigenvalue weighted by atomic mass is 16.3. The van der Waals surface area contributed by atoms with E-state index in [0.29, 0.717) is 18.3 Å². The summed E-state index contributed by atoms with van der Waals surface area (Å²) in [6.45, 7) is 3.30. The van der Waals surface area contributed by atoms with Crippen LogP contribution in [0, 0.1) is 5.92 Å². The number of nitrogens with zero attached hydrogens (tertiary/aromatic N) is 2. The molecule has 2 heterocycles. The molecule has 16 heavy (non-hydrogen) atoms. The van der Waals surface area contributed by atoms with Crippen molar-refractivity contribution in [1.82, 2.24) is 9.88 Å². The van der Waals surface area contributed by atoms with Gasteiger partial charge in [0.25, 0.3) is 0 Å². The van der Waals surface area contributed by atoms with E-state index >= 15 is 0 Å². The second kappa shape index (κ2) is 5.27. The number of pyridine rings is 1. The maximum absolute atomic E-state index is 9.16. The number of likely N-dealkylation sites (tertiary alicyclic amines) is 1. The summed E-state index contributed by atoms with van der Waals surface area (Å²) in [5.74, 6) is 1.01. The molecule has 1 atom stereocenters. The first-order chi connectivity index (χ1) is 7.78. The van der Waals surface area contributed by atoms with E-state index in [1.165, 1.54) is 12.0 Å². The van der Waals surface area contributed by atoms with Crippen molar-refractivity contribution in [2.75, 3.05) is 25.4 Å². The smallest absolute Gasteiger partial charge is 0.123 e. The maximum Gasteiger partial charge on any atom is 0.123 e. The number of hydrogen-bond acceptors (Lipinski definition) is 4. The van der Waals surface area contributed by atoms with Crippen molar-refractivity contribution in [2.45, 2.75) is 19.4 Å². The summed E-state index contributed by atoms with van der Waals surface area (Å²) in [6, 6.07) is 3.92. The average molecular weight is 221 g/mol. The fourth-order valence-corrected chi connectivity index (χ4v) is 2.29. The fraction of sp³-hybridized carbons (Fsp3) is 0.583. The molecule has 4 nitrogen and oxygen atoms in total. The highest BCUT2D eigenvalue weighted by Crippen LogP contribution is 2.18. The molecule has 1 saturated heterocycles. The Balaban J connectivity index is 1.94. The van der Waals surface area contributed by atoms with Gasteiger partial charge in [0, 0.05) is 25.9 Å². The average Bonchev–Trinajstić information content (AvgIpc) is 2.29. The Morgan fingerprint density at radius 2 is 2.44 bits per heavy atom. The van der Waals surface area contributed by atoms with Gasteiger partial charge in [-0.1, -0.05) is 0 Å². The summed E-state index contributed by atoms with van der Waals surface area (Å²) in [5.41, 5.74) is 6.85. The molecule has 2 rings (SSSR count). The number of nitrogen functional groups attached to an aromatic ring is 1. The zero-order valence-electron chi connectivity index (χ0n) is 9.47. The van der Waals surface area contributed by atoms with E-state index in [4.69, 9.17) is 10.8 Å². The van der Waals surface area contributed by atoms with Gasteiger partial charge in [0.15, 0.2) is 0 Å². The number of rotatable bonds is 3. The molecule has 1 aliphatic heterocycles. The number of piperidine rings is 1. The molecular formula is C12H19N3O. The van der Waals surface area contributed by atoms with Crippen LogP contribution in [0.4, 0.5) is 5.82 Å². The molecule has 0 amide bonds. The van der Waals surface area contributed by atoms with Gasteiger partial charge in [-0.2, -0.15) is 0 Å². The van der Waals surface area contributed by atoms with Crippen LogP contribution in [0.1, 0.15) is 18.4 Å². The molecule has 0 spiro atoms. The third-order valence-electron chi connectivity index (χ3n) is 3.11. The van der Waals surface area contributed by atoms with Gasteiger partial charge in [-0.25, -0.2) is 4.98 Å². The minimum absolute atomic E-state index is 0.301. The van der Waals surface area contributed by atoms with Crippen molar-refractivity contribution in [3.63, 3.8) is 0 Å². The molecule has 1 aromatic heterocycles. The van der Waals surface area contributed by atoms with Crippen LogP contribution in [0.25, 0.3) is 0 Å². The number of aromatic nitrogens is 1. The predicted octanol–water partition coefficient (Wildman–Crippen LogP) is 0.868. The van der Waals surface area contributed by atoms with Crippen LogP contribution in [0.15, 0.2) is 18.3 Å². The minimum Gasteiger partial charge on any atom is -0.396 e. The number of nitrogens with two attached hydrogens (primary N) is 1. The zero-order chi connectivity index (χ0) is 11.4. The van der Waals surface area contributed by atoms with Gasteiger partial charge in [0.05, 0.1) is 0 Å². The molecule has 3 N–H and O–H groups in total. The van der Waals surface area contributed by atoms with Crippen molar-refractivity contribution >= 4 is 5.82 Å². The van der Waals surface area contributed by atoms with E-state index in [0.717, 1.165) is 26.1 Å². The lowest BCUT2D eigenvalue weighted by Crippen LogP contribution is -2.36. The van der Waals surface area contributed by atoms with E-state index in [1.54, 1.807) is 6.20 Å². The normalized spacial score (nSPS) is 22.2. The molecular weight excluding hydrogens is 202 g/mol. The van der Waals surface area contributed by atoms with Gasteiger partial charge in [-0.15, -0.1) is 0 Å². The van der Waals surface area contributed by atoms with Gasteiger partial charge < -0.3 is 10.8 Å². The largest absolute Gasteiger partial charge is 0.396 e. The molecule has 1 unspecified atom stereocenters. The summed E-state index contributed by atoms with van der Waals surface area (Å²) in [7, 11) is 0. The van der Waals surface area contributed by atoms with Crippen molar-refractivity contribution in [3.05, 3.63) is 23.9 Å². The highest BCUT2D eigenvalue weighted by Gasteiger charge is 2.18. The lowest BCUT2D eigenvalue weighted by atomic mass is 9.99. The number of hydrogen-bond donors (Lipinski definition) is 2. The summed E-state index contributed by atoms with van der Waals surface area (Å²) in [4.78, 5) is 6.36. The highest BCUT2D eigenvalue weighted by molar-refractivity contribution is 5.31. The van der Waals surface area contributed by atoms with Gasteiger partial charge >= 0.3 is 0 Å². The van der Waals surface area contributed by atoms with E-state index < -0.39 is 0 Å². The summed E-state index contributed by atoms with van der Waals surface area (Å²) < 4.78 is 0. The van der Waals surface area contributed by atoms with Crippen LogP contribution in [0.2, 0.25) is 0 Å². The SMILES string of the molecule is Nc1cc(CN2CCCC(CO)C2)ccn1. The standard InChI is InChI=1S/C12H19N3O/c13-12-6-10(3-4-14-12)7-15-5-1-2-11(8-15)9-16/h3-4,6,11,16H,1-2,5,7-9H2,(H2,13,14). The molecule has 4 heteroatoms. The Bertz CT molecular complexity index is 343. The van der Waals surface area contributed by atoms with Crippen LogP contribution >= 0.6 is 0 Å². The first kappa shape index (κ1) is 11.4. The van der Waals surface area contributed by atoms with Gasteiger partial charge in [-0.05, 0) is 43.0 Å². The molecule has 1 fully saturated rings. The number of aliphatic hydroxyl groups is 1. The van der Waals surface area contributed by atoms with Crippen LogP contribution in [0.5, 0.6) is 0 Å². The third-order valence-corrected chi connectivity index (χ3v) is 3.11. The van der Waals surface area contributed by atoms with E-state index in [2.05, 4.69) is 9.88 Å². The summed E-state index contributed by atoms with van der Waals surface area (Å²) in [6.07, 6.45) is 4.06. The molecule has 0 aliphatic carbocycles. The topological polar surface area (TPSA) is 62.4 Å². The van der Waals surface area contributed by atoms with E-state index in [9.17, 15) is 0 Å². The van der Waals surface area contributed by atoms with Crippen LogP contribution < -0.4 is 5.73 Å². The molecule has 0 bridgehead atoms. The van der Waals surface area contributed by atoms with Crippen molar-refractivity contribution in [1.29, 1.82) is 0 Å². The lowest BCUT2D eigenvalue weighted by Gasteiger charge is -2.31. The molecule has 1 aliphatic rings. The number of aliphatic hydroxyl groups excluding tert-OH is 1. The Hall–Kier alpha value is -1.13. The van der Waals surface area contributed by atoms with Crippen LogP contribution in [0.3, 0.4) is 0 Å². The quantitative estimate of drug-likeness (QED) is 0.795. The van der Waals surface area contributed by atoms with Crippen LogP contribution in [-0.2, 0) is 6.54 Å². The first-order valence-corrected chi connectivity index (χ1v) is 5.81. The zero-order valence-corrected chi connectivity index (χ0v) is 9.47. The second-order valence-corrected chi connectivity index (χ2v) is 4.51. The fourth-order valence-electron chi connectivity index (χ4n) is 2.29. The Kier molecular flexibility index (Phi) is 3.74. The molecule has 0 radical (unpaired) electrons. The van der Waals surface area contributed by atoms with Gasteiger partial charge in [0.2, 0.25) is 0 Å². The van der Waals surface area contributed by atoms with Crippen LogP contribution in [-0.4, -0.2) is 34.7 Å². The van der Waals surface area contributed by atoms with Gasteiger partial charge in [0.1, 0.15) is 5.82 Å². The predicted molar refractivity (Wildman–Crippen MR) is 63.7 cm³/mol. The first-order valence-electron chi connectivity index (χ1n) is 5.81. The summed E-state index contributed by atoms with van der Waals surface area (Å²) >= 11 is 0. The molecule has 0 aromatic carbocycles. The van der Waals surface area contributed by atoms with Crippen molar-refractivity contribution < 1.29 is 5.11 Å². The van der Waals surface area contributed by atoms with E-state index in [-0.39, 0.29) is 0 Å². The summed E-state index contributed by atoms with van der Waals surface area (Å²) in [5, 5.41) is 9.16. The maximum atomic E-state index is 9.16. The lowest BCUT2D eigenvalue weighted by molar-refractivity contribution is 0.116. The van der Waals surface area contributed by atoms with Crippen molar-refractivity contribution in [2.24, 2.45) is 5.92 Å². The second-order valence-electron chi connectivity index (χ2n) is 4.51. The molecule has 88 valence electrons. The molecule has 0 saturated carbocycles. The van der Waals surface area contributed by atoms with Gasteiger partial charge in [-0.3, -0.25) is 4.90 Å². The Morgan fingerprint density at radius 1 is 1.56 bits per heavy atom. The minimum atomic E-state index is 0.301. The monoisotopic (exact) mass is 221 g/mol. The third kappa shape index (κ3) is 2.93. The van der Waals surface area contributed by atoms with E-state index in [1.807, 2.05) is 12.1 Å². The Morgan fingerprint density at radius 3 is 3.19 bits per heavy atom. The Labute approximate surface area is 96.1 Å². The van der Waals surface area contributed by atoms with Crippen molar-refractivity contribution in [3.8, 4) is 0 Å².